The van der Waals surface area contributed by atoms with Crippen molar-refractivity contribution in [3.63, 3.8) is 0 Å². The molecular weight excluding hydrogens is 422 g/mol. The van der Waals surface area contributed by atoms with Crippen molar-refractivity contribution in [2.75, 3.05) is 21.3 Å². The van der Waals surface area contributed by atoms with Gasteiger partial charge in [0, 0.05) is 18.0 Å². The van der Waals surface area contributed by atoms with Gasteiger partial charge in [-0.15, -0.1) is 0 Å². The molecule has 1 aromatic carbocycles. The molecule has 11 heteroatoms. The van der Waals surface area contributed by atoms with E-state index in [4.69, 9.17) is 19.0 Å². The van der Waals surface area contributed by atoms with Crippen LogP contribution in [0.3, 0.4) is 0 Å². The van der Waals surface area contributed by atoms with Gasteiger partial charge >= 0.3 is 0 Å². The molecule has 164 valence electrons. The highest BCUT2D eigenvalue weighted by Gasteiger charge is 2.25. The molecular formula is C20H23N5O5S. The summed E-state index contributed by atoms with van der Waals surface area (Å²) < 4.78 is 41.3. The van der Waals surface area contributed by atoms with E-state index in [-0.39, 0.29) is 28.0 Å². The molecule has 0 spiro atoms. The molecule has 2 N–H and O–H groups in total. The van der Waals surface area contributed by atoms with Gasteiger partial charge in [-0.1, -0.05) is 0 Å². The first kappa shape index (κ1) is 22.1. The summed E-state index contributed by atoms with van der Waals surface area (Å²) in [5.41, 5.74) is 1.44. The number of rotatable bonds is 8. The smallest absolute Gasteiger partial charge is 0.282 e. The van der Waals surface area contributed by atoms with Crippen molar-refractivity contribution in [3.05, 3.63) is 59.5 Å². The molecule has 0 aliphatic heterocycles. The van der Waals surface area contributed by atoms with E-state index in [0.717, 1.165) is 5.56 Å². The summed E-state index contributed by atoms with van der Waals surface area (Å²) >= 11 is 0. The van der Waals surface area contributed by atoms with Crippen LogP contribution in [0.15, 0.2) is 47.6 Å². The number of ether oxygens (including phenoxy) is 3. The summed E-state index contributed by atoms with van der Waals surface area (Å²) in [7, 11) is 0.389. The van der Waals surface area contributed by atoms with E-state index in [1.54, 1.807) is 48.3 Å². The van der Waals surface area contributed by atoms with Gasteiger partial charge in [0.1, 0.15) is 17.2 Å². The average molecular weight is 446 g/mol. The van der Waals surface area contributed by atoms with Crippen LogP contribution in [0.2, 0.25) is 0 Å². The highest BCUT2D eigenvalue weighted by molar-refractivity contribution is 7.91. The number of nitrogens with one attached hydrogen (secondary N) is 2. The van der Waals surface area contributed by atoms with E-state index in [9.17, 15) is 9.00 Å². The Bertz CT molecular complexity index is 1170. The Hall–Kier alpha value is -3.60. The lowest BCUT2D eigenvalue weighted by molar-refractivity contribution is 0.0976. The number of carbonyl (C=O) groups excluding carboxylic acids is 1. The van der Waals surface area contributed by atoms with Gasteiger partial charge in [-0.3, -0.25) is 14.2 Å². The number of carbonyl (C=O) groups is 1. The van der Waals surface area contributed by atoms with E-state index in [1.165, 1.54) is 27.4 Å². The van der Waals surface area contributed by atoms with Crippen molar-refractivity contribution in [2.24, 2.45) is 0 Å². The normalized spacial score (nSPS) is 12.6. The van der Waals surface area contributed by atoms with Gasteiger partial charge in [0.25, 0.3) is 5.91 Å². The molecule has 0 fully saturated rings. The number of amides is 1. The second-order valence-electron chi connectivity index (χ2n) is 6.55. The molecule has 0 aliphatic rings. The van der Waals surface area contributed by atoms with Gasteiger partial charge in [0.2, 0.25) is 5.88 Å². The van der Waals surface area contributed by atoms with Crippen LogP contribution in [0, 0.1) is 11.7 Å². The highest BCUT2D eigenvalue weighted by Crippen LogP contribution is 2.35. The van der Waals surface area contributed by atoms with Gasteiger partial charge in [-0.05, 0) is 42.8 Å². The molecule has 1 atom stereocenters. The minimum absolute atomic E-state index is 0.0499. The molecule has 1 amide bonds. The summed E-state index contributed by atoms with van der Waals surface area (Å²) in [5, 5.41) is 4.13. The van der Waals surface area contributed by atoms with Gasteiger partial charge < -0.3 is 14.2 Å². The van der Waals surface area contributed by atoms with Gasteiger partial charge in [-0.2, -0.15) is 5.10 Å². The quantitative estimate of drug-likeness (QED) is 0.545. The Morgan fingerprint density at radius 1 is 1.16 bits per heavy atom. The zero-order valence-corrected chi connectivity index (χ0v) is 18.4. The number of methoxy groups -OCH3 is 3. The number of benzene rings is 1. The fourth-order valence-corrected chi connectivity index (χ4v) is 4.31. The molecule has 0 aliphatic carbocycles. The predicted molar refractivity (Wildman–Crippen MR) is 113 cm³/mol. The molecule has 0 saturated heterocycles. The van der Waals surface area contributed by atoms with Crippen molar-refractivity contribution in [1.29, 1.82) is 4.78 Å². The summed E-state index contributed by atoms with van der Waals surface area (Å²) in [6.45, 7) is 2.21. The van der Waals surface area contributed by atoms with Crippen LogP contribution in [0.5, 0.6) is 17.4 Å². The SMILES string of the molecule is COc1cc(C)cc(OC)c1S(=N)(=O)NC(=O)c1ccc(Cn2cccn2)c(OC)n1. The molecule has 2 heterocycles. The monoisotopic (exact) mass is 445 g/mol. The average Bonchev–Trinajstić information content (AvgIpc) is 3.25. The Morgan fingerprint density at radius 3 is 2.39 bits per heavy atom. The Morgan fingerprint density at radius 2 is 1.84 bits per heavy atom. The fraction of sp³-hybridized carbons (Fsp3) is 0.250. The number of hydrogen-bond donors (Lipinski definition) is 2. The second kappa shape index (κ2) is 9.04. The summed E-state index contributed by atoms with van der Waals surface area (Å²) in [4.78, 5) is 16.9. The van der Waals surface area contributed by atoms with Crippen LogP contribution >= 0.6 is 0 Å². The maximum absolute atomic E-state index is 13.2. The van der Waals surface area contributed by atoms with Crippen LogP contribution in [-0.2, 0) is 16.5 Å². The lowest BCUT2D eigenvalue weighted by Crippen LogP contribution is -2.31. The molecule has 0 saturated carbocycles. The second-order valence-corrected chi connectivity index (χ2v) is 8.28. The minimum atomic E-state index is -3.83. The van der Waals surface area contributed by atoms with Crippen LogP contribution in [0.25, 0.3) is 0 Å². The first-order valence-electron chi connectivity index (χ1n) is 9.14. The third-order valence-electron chi connectivity index (χ3n) is 4.39. The van der Waals surface area contributed by atoms with Gasteiger partial charge in [0.05, 0.1) is 27.9 Å². The summed E-state index contributed by atoms with van der Waals surface area (Å²) in [5.74, 6) is -0.215. The molecule has 1 unspecified atom stereocenters. The fourth-order valence-electron chi connectivity index (χ4n) is 2.99. The summed E-state index contributed by atoms with van der Waals surface area (Å²) in [6, 6.07) is 8.16. The molecule has 3 aromatic rings. The molecule has 10 nitrogen and oxygen atoms in total. The maximum Gasteiger partial charge on any atom is 0.282 e. The zero-order valence-electron chi connectivity index (χ0n) is 17.5. The first-order chi connectivity index (χ1) is 14.8. The molecule has 0 radical (unpaired) electrons. The van der Waals surface area contributed by atoms with Crippen molar-refractivity contribution in [3.8, 4) is 17.4 Å². The van der Waals surface area contributed by atoms with Crippen molar-refractivity contribution in [1.82, 2.24) is 19.5 Å². The van der Waals surface area contributed by atoms with E-state index in [2.05, 4.69) is 14.8 Å². The zero-order chi connectivity index (χ0) is 22.6. The Labute approximate surface area is 180 Å². The highest BCUT2D eigenvalue weighted by atomic mass is 32.2. The van der Waals surface area contributed by atoms with Crippen molar-refractivity contribution in [2.45, 2.75) is 18.4 Å². The minimum Gasteiger partial charge on any atom is -0.495 e. The number of aromatic nitrogens is 3. The largest absolute Gasteiger partial charge is 0.495 e. The molecule has 31 heavy (non-hydrogen) atoms. The maximum atomic E-state index is 13.2. The van der Waals surface area contributed by atoms with E-state index >= 15 is 0 Å². The third kappa shape index (κ3) is 4.77. The Balaban J connectivity index is 1.91. The topological polar surface area (TPSA) is 128 Å². The van der Waals surface area contributed by atoms with Crippen molar-refractivity contribution < 1.29 is 23.2 Å². The van der Waals surface area contributed by atoms with Crippen molar-refractivity contribution >= 4 is 15.8 Å². The Kier molecular flexibility index (Phi) is 6.44. The van der Waals surface area contributed by atoms with Gasteiger partial charge in [-0.25, -0.2) is 14.0 Å². The van der Waals surface area contributed by atoms with Crippen LogP contribution < -0.4 is 18.9 Å². The first-order valence-corrected chi connectivity index (χ1v) is 10.7. The van der Waals surface area contributed by atoms with E-state index < -0.39 is 15.8 Å². The molecule has 2 aromatic heterocycles. The number of hydrogen-bond acceptors (Lipinski definition) is 8. The number of aryl methyl sites for hydroxylation is 1. The van der Waals surface area contributed by atoms with Crippen LogP contribution in [0.4, 0.5) is 0 Å². The predicted octanol–water partition coefficient (Wildman–Crippen LogP) is 2.41. The lowest BCUT2D eigenvalue weighted by atomic mass is 10.2. The lowest BCUT2D eigenvalue weighted by Gasteiger charge is -2.17. The number of nitrogens with zero attached hydrogens (tertiary/aromatic N) is 3. The van der Waals surface area contributed by atoms with Crippen LogP contribution in [0.1, 0.15) is 21.6 Å². The van der Waals surface area contributed by atoms with E-state index in [1.807, 2.05) is 0 Å². The third-order valence-corrected chi connectivity index (χ3v) is 5.84. The van der Waals surface area contributed by atoms with Gasteiger partial charge in [0.15, 0.2) is 14.8 Å². The molecule has 3 rings (SSSR count). The van der Waals surface area contributed by atoms with E-state index in [0.29, 0.717) is 12.1 Å². The summed E-state index contributed by atoms with van der Waals surface area (Å²) in [6.07, 6.45) is 3.44. The standard InChI is InChI=1S/C20H23N5O5S/c1-13-10-16(28-2)18(17(11-13)29-3)31(21,27)24-19(26)15-7-6-14(20(23-15)30-4)12-25-9-5-8-22-25/h5-11H,12H2,1-4H3,(H2,21,24,26,27). The molecule has 0 bridgehead atoms. The number of pyridine rings is 1. The van der Waals surface area contributed by atoms with Crippen LogP contribution in [-0.4, -0.2) is 46.2 Å².